The van der Waals surface area contributed by atoms with Crippen molar-refractivity contribution in [1.82, 2.24) is 0 Å². The van der Waals surface area contributed by atoms with E-state index in [0.717, 1.165) is 12.8 Å². The second kappa shape index (κ2) is 11.9. The van der Waals surface area contributed by atoms with E-state index in [-0.39, 0.29) is 0 Å². The fourth-order valence-corrected chi connectivity index (χ4v) is 1.98. The van der Waals surface area contributed by atoms with Crippen LogP contribution in [0.5, 0.6) is 0 Å². The summed E-state index contributed by atoms with van der Waals surface area (Å²) in [6.45, 7) is 2.24. The van der Waals surface area contributed by atoms with Crippen LogP contribution in [0.2, 0.25) is 0 Å². The number of aliphatic carboxylic acids is 1. The van der Waals surface area contributed by atoms with Crippen molar-refractivity contribution >= 4 is 5.97 Å². The zero-order valence-corrected chi connectivity index (χ0v) is 11.3. The quantitative estimate of drug-likeness (QED) is 0.514. The Morgan fingerprint density at radius 1 is 0.941 bits per heavy atom. The van der Waals surface area contributed by atoms with Gasteiger partial charge in [0.05, 0.1) is 0 Å². The van der Waals surface area contributed by atoms with Crippen LogP contribution in [0.15, 0.2) is 0 Å². The molecule has 0 saturated heterocycles. The molecule has 3 nitrogen and oxygen atoms in total. The lowest BCUT2D eigenvalue weighted by Gasteiger charge is -2.05. The van der Waals surface area contributed by atoms with E-state index in [1.165, 1.54) is 51.4 Å². The molecule has 3 N–H and O–H groups in total. The summed E-state index contributed by atoms with van der Waals surface area (Å²) < 4.78 is 0. The van der Waals surface area contributed by atoms with Crippen molar-refractivity contribution in [3.05, 3.63) is 0 Å². The van der Waals surface area contributed by atoms with E-state index >= 15 is 0 Å². The smallest absolute Gasteiger partial charge is 0.320 e. The van der Waals surface area contributed by atoms with Gasteiger partial charge in [0.25, 0.3) is 0 Å². The molecule has 0 fully saturated rings. The van der Waals surface area contributed by atoms with Crippen LogP contribution in [0.25, 0.3) is 0 Å². The first-order valence-corrected chi connectivity index (χ1v) is 7.17. The molecule has 0 saturated carbocycles. The van der Waals surface area contributed by atoms with Crippen molar-refractivity contribution in [2.24, 2.45) is 5.73 Å². The van der Waals surface area contributed by atoms with Gasteiger partial charge in [0.1, 0.15) is 6.04 Å². The number of carboxylic acids is 1. The molecule has 0 rings (SSSR count). The number of carbonyl (C=O) groups is 1. The second-order valence-electron chi connectivity index (χ2n) is 4.92. The summed E-state index contributed by atoms with van der Waals surface area (Å²) in [6, 6.07) is -0.663. The van der Waals surface area contributed by atoms with Crippen LogP contribution in [-0.2, 0) is 4.79 Å². The van der Waals surface area contributed by atoms with Crippen molar-refractivity contribution in [1.29, 1.82) is 0 Å². The number of hydrogen-bond donors (Lipinski definition) is 2. The summed E-state index contributed by atoms with van der Waals surface area (Å²) >= 11 is 0. The highest BCUT2D eigenvalue weighted by Gasteiger charge is 2.09. The SMILES string of the molecule is CCCCCCCCCCCC[C@@H](N)C(=O)O. The van der Waals surface area contributed by atoms with Crippen LogP contribution >= 0.6 is 0 Å². The van der Waals surface area contributed by atoms with E-state index in [2.05, 4.69) is 6.92 Å². The molecule has 0 radical (unpaired) electrons. The van der Waals surface area contributed by atoms with Gasteiger partial charge in [0.2, 0.25) is 0 Å². The molecule has 0 aliphatic carbocycles. The average Bonchev–Trinajstić information content (AvgIpc) is 2.31. The van der Waals surface area contributed by atoms with E-state index in [1.54, 1.807) is 0 Å². The molecule has 0 spiro atoms. The number of rotatable bonds is 12. The highest BCUT2D eigenvalue weighted by Crippen LogP contribution is 2.11. The van der Waals surface area contributed by atoms with Gasteiger partial charge in [-0.1, -0.05) is 71.1 Å². The minimum absolute atomic E-state index is 0.617. The molecule has 0 unspecified atom stereocenters. The lowest BCUT2D eigenvalue weighted by atomic mass is 10.0. The normalized spacial score (nSPS) is 12.6. The molecule has 0 bridgehead atoms. The molecule has 17 heavy (non-hydrogen) atoms. The van der Waals surface area contributed by atoms with Crippen LogP contribution in [0.4, 0.5) is 0 Å². The lowest BCUT2D eigenvalue weighted by Crippen LogP contribution is -2.29. The number of hydrogen-bond acceptors (Lipinski definition) is 2. The summed E-state index contributed by atoms with van der Waals surface area (Å²) in [4.78, 5) is 10.5. The summed E-state index contributed by atoms with van der Waals surface area (Å²) in [5.74, 6) is -0.874. The van der Waals surface area contributed by atoms with E-state index < -0.39 is 12.0 Å². The first-order chi connectivity index (χ1) is 8.18. The minimum Gasteiger partial charge on any atom is -0.480 e. The molecule has 0 amide bonds. The Bertz CT molecular complexity index is 183. The molecular formula is C14H29NO2. The van der Waals surface area contributed by atoms with Gasteiger partial charge in [-0.15, -0.1) is 0 Å². The highest BCUT2D eigenvalue weighted by molar-refractivity contribution is 5.72. The zero-order valence-electron chi connectivity index (χ0n) is 11.3. The van der Waals surface area contributed by atoms with Gasteiger partial charge in [0.15, 0.2) is 0 Å². The lowest BCUT2D eigenvalue weighted by molar-refractivity contribution is -0.138. The van der Waals surface area contributed by atoms with Gasteiger partial charge < -0.3 is 10.8 Å². The Balaban J connectivity index is 3.06. The minimum atomic E-state index is -0.874. The van der Waals surface area contributed by atoms with Gasteiger partial charge >= 0.3 is 5.97 Å². The Hall–Kier alpha value is -0.570. The van der Waals surface area contributed by atoms with Crippen molar-refractivity contribution < 1.29 is 9.90 Å². The predicted octanol–water partition coefficient (Wildman–Crippen LogP) is 3.71. The monoisotopic (exact) mass is 243 g/mol. The van der Waals surface area contributed by atoms with Crippen LogP contribution in [-0.4, -0.2) is 17.1 Å². The molecule has 0 aliphatic heterocycles. The van der Waals surface area contributed by atoms with E-state index in [1.807, 2.05) is 0 Å². The summed E-state index contributed by atoms with van der Waals surface area (Å²) in [5.41, 5.74) is 5.43. The molecule has 0 aromatic rings. The summed E-state index contributed by atoms with van der Waals surface area (Å²) in [7, 11) is 0. The van der Waals surface area contributed by atoms with Crippen molar-refractivity contribution in [3.63, 3.8) is 0 Å². The van der Waals surface area contributed by atoms with Crippen molar-refractivity contribution in [2.45, 2.75) is 83.6 Å². The fourth-order valence-electron chi connectivity index (χ4n) is 1.98. The Morgan fingerprint density at radius 3 is 1.76 bits per heavy atom. The third kappa shape index (κ3) is 11.7. The van der Waals surface area contributed by atoms with Gasteiger partial charge in [-0.2, -0.15) is 0 Å². The first kappa shape index (κ1) is 16.4. The number of unbranched alkanes of at least 4 members (excludes halogenated alkanes) is 9. The third-order valence-electron chi connectivity index (χ3n) is 3.19. The summed E-state index contributed by atoms with van der Waals surface area (Å²) in [6.07, 6.45) is 13.3. The second-order valence-corrected chi connectivity index (χ2v) is 4.92. The number of carboxylic acid groups (broad SMARTS) is 1. The van der Waals surface area contributed by atoms with Gasteiger partial charge in [-0.25, -0.2) is 0 Å². The standard InChI is InChI=1S/C14H29NO2/c1-2-3-4-5-6-7-8-9-10-11-12-13(15)14(16)17/h13H,2-12,15H2,1H3,(H,16,17)/t13-/m1/s1. The maximum atomic E-state index is 10.5. The molecule has 102 valence electrons. The van der Waals surface area contributed by atoms with Crippen molar-refractivity contribution in [3.8, 4) is 0 Å². The largest absolute Gasteiger partial charge is 0.480 e. The molecule has 0 aromatic heterocycles. The highest BCUT2D eigenvalue weighted by atomic mass is 16.4. The fraction of sp³-hybridized carbons (Fsp3) is 0.929. The van der Waals surface area contributed by atoms with E-state index in [0.29, 0.717) is 6.42 Å². The molecular weight excluding hydrogens is 214 g/mol. The maximum Gasteiger partial charge on any atom is 0.320 e. The van der Waals surface area contributed by atoms with Crippen LogP contribution in [0.1, 0.15) is 77.6 Å². The first-order valence-electron chi connectivity index (χ1n) is 7.17. The van der Waals surface area contributed by atoms with E-state index in [4.69, 9.17) is 10.8 Å². The Kier molecular flexibility index (Phi) is 11.5. The Morgan fingerprint density at radius 2 is 1.35 bits per heavy atom. The predicted molar refractivity (Wildman–Crippen MR) is 72.1 cm³/mol. The zero-order chi connectivity index (χ0) is 12.9. The molecule has 0 heterocycles. The van der Waals surface area contributed by atoms with Crippen molar-refractivity contribution in [2.75, 3.05) is 0 Å². The number of nitrogens with two attached hydrogens (primary N) is 1. The maximum absolute atomic E-state index is 10.5. The van der Waals surface area contributed by atoms with Crippen LogP contribution in [0, 0.1) is 0 Å². The third-order valence-corrected chi connectivity index (χ3v) is 3.19. The van der Waals surface area contributed by atoms with Gasteiger partial charge in [-0.3, -0.25) is 4.79 Å². The van der Waals surface area contributed by atoms with Gasteiger partial charge in [0, 0.05) is 0 Å². The van der Waals surface area contributed by atoms with Crippen LogP contribution in [0.3, 0.4) is 0 Å². The molecule has 0 aromatic carbocycles. The molecule has 1 atom stereocenters. The van der Waals surface area contributed by atoms with Gasteiger partial charge in [-0.05, 0) is 6.42 Å². The molecule has 3 heteroatoms. The Labute approximate surface area is 106 Å². The average molecular weight is 243 g/mol. The molecule has 0 aliphatic rings. The summed E-state index contributed by atoms with van der Waals surface area (Å²) in [5, 5.41) is 8.60. The van der Waals surface area contributed by atoms with Crippen LogP contribution < -0.4 is 5.73 Å². The topological polar surface area (TPSA) is 63.3 Å². The van der Waals surface area contributed by atoms with E-state index in [9.17, 15) is 4.79 Å².